The van der Waals surface area contributed by atoms with E-state index < -0.39 is 0 Å². The number of rotatable bonds is 2. The van der Waals surface area contributed by atoms with Crippen molar-refractivity contribution in [1.29, 1.82) is 0 Å². The van der Waals surface area contributed by atoms with Crippen molar-refractivity contribution in [3.05, 3.63) is 28.8 Å². The highest BCUT2D eigenvalue weighted by Crippen LogP contribution is 2.24. The second kappa shape index (κ2) is 4.73. The SMILES string of the molecule is CN(C)C(=O)c1ccc(Cl)cc1N=C=O. The molecule has 15 heavy (non-hydrogen) atoms. The summed E-state index contributed by atoms with van der Waals surface area (Å²) in [5, 5.41) is 0.416. The van der Waals surface area contributed by atoms with E-state index in [2.05, 4.69) is 4.99 Å². The molecule has 0 saturated heterocycles. The molecule has 1 rings (SSSR count). The molecule has 0 heterocycles. The average molecular weight is 225 g/mol. The third-order valence-electron chi connectivity index (χ3n) is 1.76. The Bertz CT molecular complexity index is 437. The van der Waals surface area contributed by atoms with Gasteiger partial charge in [-0.3, -0.25) is 4.79 Å². The summed E-state index contributed by atoms with van der Waals surface area (Å²) in [6.07, 6.45) is 1.39. The summed E-state index contributed by atoms with van der Waals surface area (Å²) in [5.41, 5.74) is 0.559. The Morgan fingerprint density at radius 2 is 2.13 bits per heavy atom. The highest BCUT2D eigenvalue weighted by molar-refractivity contribution is 6.31. The number of nitrogens with zero attached hydrogens (tertiary/aromatic N) is 2. The minimum atomic E-state index is -0.235. The minimum absolute atomic E-state index is 0.233. The van der Waals surface area contributed by atoms with Gasteiger partial charge < -0.3 is 4.90 Å². The van der Waals surface area contributed by atoms with E-state index in [-0.39, 0.29) is 11.6 Å². The standard InChI is InChI=1S/C10H9ClN2O2/c1-13(2)10(15)8-4-3-7(11)5-9(8)12-6-14/h3-5H,1-2H3. The summed E-state index contributed by atoms with van der Waals surface area (Å²) in [6.45, 7) is 0. The van der Waals surface area contributed by atoms with E-state index in [0.717, 1.165) is 0 Å². The Balaban J connectivity index is 3.28. The van der Waals surface area contributed by atoms with Crippen molar-refractivity contribution in [1.82, 2.24) is 4.90 Å². The molecule has 0 saturated carbocycles. The molecule has 1 amide bonds. The molecule has 1 aromatic rings. The van der Waals surface area contributed by atoms with Crippen LogP contribution in [0.15, 0.2) is 23.2 Å². The van der Waals surface area contributed by atoms with E-state index in [1.54, 1.807) is 20.2 Å². The lowest BCUT2D eigenvalue weighted by atomic mass is 10.1. The predicted octanol–water partition coefficient (Wildman–Crippen LogP) is 2.01. The van der Waals surface area contributed by atoms with Crippen molar-refractivity contribution in [2.75, 3.05) is 14.1 Å². The summed E-state index contributed by atoms with van der Waals surface area (Å²) >= 11 is 5.72. The van der Waals surface area contributed by atoms with Gasteiger partial charge in [0.1, 0.15) is 0 Å². The Morgan fingerprint density at radius 3 is 2.67 bits per heavy atom. The van der Waals surface area contributed by atoms with Crippen LogP contribution in [0.1, 0.15) is 10.4 Å². The van der Waals surface area contributed by atoms with Crippen LogP contribution in [-0.4, -0.2) is 31.0 Å². The van der Waals surface area contributed by atoms with Crippen LogP contribution in [0.25, 0.3) is 0 Å². The number of hydrogen-bond donors (Lipinski definition) is 0. The van der Waals surface area contributed by atoms with Crippen molar-refractivity contribution in [3.63, 3.8) is 0 Å². The summed E-state index contributed by atoms with van der Waals surface area (Å²) in [4.78, 5) is 26.6. The summed E-state index contributed by atoms with van der Waals surface area (Å²) < 4.78 is 0. The molecule has 0 atom stereocenters. The van der Waals surface area contributed by atoms with Gasteiger partial charge in [-0.05, 0) is 18.2 Å². The van der Waals surface area contributed by atoms with Gasteiger partial charge in [-0.15, -0.1) is 0 Å². The van der Waals surface area contributed by atoms with Gasteiger partial charge in [0.2, 0.25) is 6.08 Å². The zero-order valence-electron chi connectivity index (χ0n) is 8.32. The molecule has 0 N–H and O–H groups in total. The highest BCUT2D eigenvalue weighted by Gasteiger charge is 2.13. The lowest BCUT2D eigenvalue weighted by molar-refractivity contribution is 0.0828. The van der Waals surface area contributed by atoms with Gasteiger partial charge in [-0.1, -0.05) is 11.6 Å². The minimum Gasteiger partial charge on any atom is -0.345 e. The van der Waals surface area contributed by atoms with Crippen LogP contribution in [-0.2, 0) is 4.79 Å². The average Bonchev–Trinajstić information content (AvgIpc) is 2.17. The molecule has 0 fully saturated rings. The third-order valence-corrected chi connectivity index (χ3v) is 2.00. The molecule has 1 aromatic carbocycles. The highest BCUT2D eigenvalue weighted by atomic mass is 35.5. The Morgan fingerprint density at radius 1 is 1.47 bits per heavy atom. The summed E-state index contributed by atoms with van der Waals surface area (Å²) in [7, 11) is 3.23. The number of amides is 1. The molecular weight excluding hydrogens is 216 g/mol. The Kier molecular flexibility index (Phi) is 3.61. The number of halogens is 1. The maximum Gasteiger partial charge on any atom is 0.255 e. The molecule has 0 aliphatic rings. The molecule has 0 spiro atoms. The van der Waals surface area contributed by atoms with Gasteiger partial charge in [-0.2, -0.15) is 4.99 Å². The molecule has 5 heteroatoms. The van der Waals surface area contributed by atoms with Crippen LogP contribution < -0.4 is 0 Å². The fourth-order valence-corrected chi connectivity index (χ4v) is 1.23. The number of hydrogen-bond acceptors (Lipinski definition) is 3. The van der Waals surface area contributed by atoms with Gasteiger partial charge in [-0.25, -0.2) is 4.79 Å². The van der Waals surface area contributed by atoms with E-state index >= 15 is 0 Å². The van der Waals surface area contributed by atoms with Gasteiger partial charge in [0.25, 0.3) is 5.91 Å². The van der Waals surface area contributed by atoms with E-state index in [9.17, 15) is 9.59 Å². The lowest BCUT2D eigenvalue weighted by Gasteiger charge is -2.11. The van der Waals surface area contributed by atoms with Crippen LogP contribution in [0, 0.1) is 0 Å². The zero-order valence-corrected chi connectivity index (χ0v) is 9.08. The maximum absolute atomic E-state index is 11.6. The van der Waals surface area contributed by atoms with Crippen LogP contribution >= 0.6 is 11.6 Å². The predicted molar refractivity (Wildman–Crippen MR) is 57.3 cm³/mol. The summed E-state index contributed by atoms with van der Waals surface area (Å²) in [6, 6.07) is 4.55. The smallest absolute Gasteiger partial charge is 0.255 e. The molecule has 0 aliphatic carbocycles. The van der Waals surface area contributed by atoms with E-state index in [1.807, 2.05) is 0 Å². The first-order chi connectivity index (χ1) is 7.06. The molecule has 4 nitrogen and oxygen atoms in total. The molecule has 0 bridgehead atoms. The third kappa shape index (κ3) is 2.65. The molecular formula is C10H9ClN2O2. The van der Waals surface area contributed by atoms with Crippen molar-refractivity contribution >= 4 is 29.3 Å². The number of carbonyl (C=O) groups excluding carboxylic acids is 2. The van der Waals surface area contributed by atoms with Crippen molar-refractivity contribution < 1.29 is 9.59 Å². The van der Waals surface area contributed by atoms with Crippen LogP contribution in [0.4, 0.5) is 5.69 Å². The van der Waals surface area contributed by atoms with Gasteiger partial charge >= 0.3 is 0 Å². The monoisotopic (exact) mass is 224 g/mol. The quantitative estimate of drug-likeness (QED) is 0.570. The van der Waals surface area contributed by atoms with Crippen LogP contribution in [0.5, 0.6) is 0 Å². The summed E-state index contributed by atoms with van der Waals surface area (Å²) in [5.74, 6) is -0.235. The fraction of sp³-hybridized carbons (Fsp3) is 0.200. The lowest BCUT2D eigenvalue weighted by Crippen LogP contribution is -2.21. The van der Waals surface area contributed by atoms with E-state index in [0.29, 0.717) is 10.6 Å². The van der Waals surface area contributed by atoms with Gasteiger partial charge in [0.05, 0.1) is 11.3 Å². The van der Waals surface area contributed by atoms with Crippen LogP contribution in [0.2, 0.25) is 5.02 Å². The number of aliphatic imine (C=N–C) groups is 1. The number of isocyanates is 1. The first kappa shape index (κ1) is 11.4. The molecule has 0 radical (unpaired) electrons. The van der Waals surface area contributed by atoms with Crippen molar-refractivity contribution in [2.45, 2.75) is 0 Å². The first-order valence-electron chi connectivity index (χ1n) is 4.15. The van der Waals surface area contributed by atoms with Gasteiger partial charge in [0, 0.05) is 19.1 Å². The molecule has 0 unspecified atom stereocenters. The Labute approximate surface area is 92.2 Å². The second-order valence-corrected chi connectivity index (χ2v) is 3.50. The second-order valence-electron chi connectivity index (χ2n) is 3.06. The molecule has 0 aliphatic heterocycles. The van der Waals surface area contributed by atoms with E-state index in [1.165, 1.54) is 23.1 Å². The van der Waals surface area contributed by atoms with Gasteiger partial charge in [0.15, 0.2) is 0 Å². The molecule has 0 aromatic heterocycles. The maximum atomic E-state index is 11.6. The van der Waals surface area contributed by atoms with Crippen molar-refractivity contribution in [2.24, 2.45) is 4.99 Å². The van der Waals surface area contributed by atoms with Crippen LogP contribution in [0.3, 0.4) is 0 Å². The zero-order chi connectivity index (χ0) is 11.4. The number of carbonyl (C=O) groups is 1. The number of benzene rings is 1. The fourth-order valence-electron chi connectivity index (χ4n) is 1.07. The topological polar surface area (TPSA) is 49.7 Å². The van der Waals surface area contributed by atoms with Crippen molar-refractivity contribution in [3.8, 4) is 0 Å². The largest absolute Gasteiger partial charge is 0.345 e. The van der Waals surface area contributed by atoms with E-state index in [4.69, 9.17) is 11.6 Å². The Hall–Kier alpha value is -1.64. The normalized spacial score (nSPS) is 9.27. The molecule has 78 valence electrons. The first-order valence-corrected chi connectivity index (χ1v) is 4.53.